The van der Waals surface area contributed by atoms with Crippen molar-refractivity contribution in [2.45, 2.75) is 84.1 Å². The van der Waals surface area contributed by atoms with E-state index in [-0.39, 0.29) is 5.91 Å². The second-order valence-corrected chi connectivity index (χ2v) is 9.14. The second-order valence-electron chi connectivity index (χ2n) is 9.14. The monoisotopic (exact) mass is 459 g/mol. The lowest BCUT2D eigenvalue weighted by Crippen LogP contribution is -2.22. The van der Waals surface area contributed by atoms with Crippen LogP contribution in [-0.2, 0) is 17.8 Å². The van der Waals surface area contributed by atoms with Crippen LogP contribution >= 0.6 is 0 Å². The molecule has 0 atom stereocenters. The molecular formula is C30H41N3O. The molecule has 0 fully saturated rings. The summed E-state index contributed by atoms with van der Waals surface area (Å²) in [5, 5.41) is 3.00. The van der Waals surface area contributed by atoms with Crippen LogP contribution in [0.25, 0.3) is 17.1 Å². The first-order valence-corrected chi connectivity index (χ1v) is 13.2. The molecule has 0 radical (unpaired) electrons. The lowest BCUT2D eigenvalue weighted by molar-refractivity contribution is -0.116. The minimum atomic E-state index is -0.0490. The van der Waals surface area contributed by atoms with Gasteiger partial charge in [-0.2, -0.15) is 0 Å². The fourth-order valence-corrected chi connectivity index (χ4v) is 4.40. The molecule has 0 saturated carbocycles. The van der Waals surface area contributed by atoms with Crippen LogP contribution in [0, 0.1) is 0 Å². The van der Waals surface area contributed by atoms with Crippen molar-refractivity contribution in [3.63, 3.8) is 0 Å². The Bertz CT molecular complexity index is 1010. The van der Waals surface area contributed by atoms with Gasteiger partial charge in [-0.1, -0.05) is 101 Å². The van der Waals surface area contributed by atoms with E-state index < -0.39 is 0 Å². The largest absolute Gasteiger partial charge is 0.353 e. The third kappa shape index (κ3) is 8.81. The van der Waals surface area contributed by atoms with Gasteiger partial charge < -0.3 is 9.88 Å². The van der Waals surface area contributed by atoms with Crippen LogP contribution in [-0.4, -0.2) is 22.0 Å². The Morgan fingerprint density at radius 1 is 0.853 bits per heavy atom. The zero-order valence-electron chi connectivity index (χ0n) is 20.8. The number of hydrogen-bond acceptors (Lipinski definition) is 2. The summed E-state index contributed by atoms with van der Waals surface area (Å²) in [4.78, 5) is 17.0. The van der Waals surface area contributed by atoms with Gasteiger partial charge in [-0.15, -0.1) is 0 Å². The topological polar surface area (TPSA) is 46.9 Å². The van der Waals surface area contributed by atoms with Gasteiger partial charge in [0.1, 0.15) is 5.82 Å². The number of nitrogens with zero attached hydrogens (tertiary/aromatic N) is 2. The average Bonchev–Trinajstić information content (AvgIpc) is 3.22. The number of fused-ring (bicyclic) bond motifs is 1. The number of rotatable bonds is 16. The molecule has 1 aromatic heterocycles. The number of aromatic nitrogens is 2. The summed E-state index contributed by atoms with van der Waals surface area (Å²) in [6, 6.07) is 18.3. The van der Waals surface area contributed by atoms with Crippen LogP contribution in [0.1, 0.15) is 82.5 Å². The fraction of sp³-hybridized carbons (Fsp3) is 0.467. The van der Waals surface area contributed by atoms with E-state index >= 15 is 0 Å². The van der Waals surface area contributed by atoms with Crippen LogP contribution in [0.4, 0.5) is 0 Å². The quantitative estimate of drug-likeness (QED) is 0.180. The molecule has 4 heteroatoms. The molecule has 1 heterocycles. The van der Waals surface area contributed by atoms with Crippen molar-refractivity contribution >= 4 is 23.0 Å². The molecule has 3 rings (SSSR count). The summed E-state index contributed by atoms with van der Waals surface area (Å²) < 4.78 is 2.40. The molecule has 0 spiro atoms. The van der Waals surface area contributed by atoms with Crippen molar-refractivity contribution < 1.29 is 4.79 Å². The van der Waals surface area contributed by atoms with E-state index in [2.05, 4.69) is 41.1 Å². The molecule has 182 valence electrons. The predicted molar refractivity (Wildman–Crippen MR) is 144 cm³/mol. The molecule has 2 aromatic carbocycles. The van der Waals surface area contributed by atoms with Gasteiger partial charge in [-0.25, -0.2) is 4.98 Å². The maximum Gasteiger partial charge on any atom is 0.243 e. The summed E-state index contributed by atoms with van der Waals surface area (Å²) in [6.07, 6.45) is 17.2. The van der Waals surface area contributed by atoms with Crippen LogP contribution < -0.4 is 5.32 Å². The highest BCUT2D eigenvalue weighted by Crippen LogP contribution is 2.19. The number of benzene rings is 2. The Morgan fingerprint density at radius 2 is 1.53 bits per heavy atom. The van der Waals surface area contributed by atoms with Crippen LogP contribution in [0.2, 0.25) is 0 Å². The molecule has 4 nitrogen and oxygen atoms in total. The molecule has 1 amide bonds. The Kier molecular flexibility index (Phi) is 11.4. The summed E-state index contributed by atoms with van der Waals surface area (Å²) in [5.74, 6) is 1.09. The summed E-state index contributed by atoms with van der Waals surface area (Å²) in [5.41, 5.74) is 3.33. The summed E-state index contributed by atoms with van der Waals surface area (Å²) >= 11 is 0. The zero-order valence-corrected chi connectivity index (χ0v) is 20.8. The van der Waals surface area contributed by atoms with E-state index in [0.717, 1.165) is 36.3 Å². The molecule has 0 aliphatic rings. The van der Waals surface area contributed by atoms with E-state index in [1.54, 1.807) is 6.08 Å². The maximum absolute atomic E-state index is 12.1. The van der Waals surface area contributed by atoms with Gasteiger partial charge in [0.05, 0.1) is 11.0 Å². The van der Waals surface area contributed by atoms with Crippen molar-refractivity contribution in [3.05, 3.63) is 72.1 Å². The van der Waals surface area contributed by atoms with Crippen molar-refractivity contribution in [3.8, 4) is 0 Å². The Labute approximate surface area is 205 Å². The number of nitrogens with one attached hydrogen (secondary N) is 1. The molecule has 1 N–H and O–H groups in total. The average molecular weight is 460 g/mol. The SMILES string of the molecule is CCCCCCCCCCCn1c(CCCNC(=O)/C=C/c2ccccc2)nc2ccccc21. The normalized spacial score (nSPS) is 11.4. The van der Waals surface area contributed by atoms with Crippen LogP contribution in [0.5, 0.6) is 0 Å². The Hall–Kier alpha value is -2.88. The predicted octanol–water partition coefficient (Wildman–Crippen LogP) is 7.33. The lowest BCUT2D eigenvalue weighted by atomic mass is 10.1. The van der Waals surface area contributed by atoms with Gasteiger partial charge in [-0.3, -0.25) is 4.79 Å². The van der Waals surface area contributed by atoms with Crippen molar-refractivity contribution in [2.24, 2.45) is 0 Å². The number of unbranched alkanes of at least 4 members (excludes halogenated alkanes) is 8. The summed E-state index contributed by atoms with van der Waals surface area (Å²) in [6.45, 7) is 3.95. The molecular weight excluding hydrogens is 418 g/mol. The Morgan fingerprint density at radius 3 is 2.29 bits per heavy atom. The van der Waals surface area contributed by atoms with Gasteiger partial charge in [0.25, 0.3) is 0 Å². The summed E-state index contributed by atoms with van der Waals surface area (Å²) in [7, 11) is 0. The van der Waals surface area contributed by atoms with Crippen molar-refractivity contribution in [2.75, 3.05) is 6.54 Å². The number of aryl methyl sites for hydroxylation is 2. The smallest absolute Gasteiger partial charge is 0.243 e. The fourth-order valence-electron chi connectivity index (χ4n) is 4.40. The van der Waals surface area contributed by atoms with Gasteiger partial charge >= 0.3 is 0 Å². The number of imidazole rings is 1. The second kappa shape index (κ2) is 15.1. The molecule has 0 bridgehead atoms. The lowest BCUT2D eigenvalue weighted by Gasteiger charge is -2.10. The van der Waals surface area contributed by atoms with E-state index in [1.165, 1.54) is 63.3 Å². The number of amides is 1. The first-order valence-electron chi connectivity index (χ1n) is 13.2. The highest BCUT2D eigenvalue weighted by Gasteiger charge is 2.10. The zero-order chi connectivity index (χ0) is 23.8. The van der Waals surface area contributed by atoms with Gasteiger partial charge in [0, 0.05) is 25.6 Å². The number of carbonyl (C=O) groups excluding carboxylic acids is 1. The third-order valence-electron chi connectivity index (χ3n) is 6.32. The van der Waals surface area contributed by atoms with Gasteiger partial charge in [0.2, 0.25) is 5.91 Å². The minimum absolute atomic E-state index is 0.0490. The molecule has 0 unspecified atom stereocenters. The first-order chi connectivity index (χ1) is 16.8. The van der Waals surface area contributed by atoms with E-state index in [4.69, 9.17) is 4.98 Å². The van der Waals surface area contributed by atoms with Crippen LogP contribution in [0.3, 0.4) is 0 Å². The molecule has 0 aliphatic carbocycles. The van der Waals surface area contributed by atoms with Gasteiger partial charge in [0.15, 0.2) is 0 Å². The number of carbonyl (C=O) groups is 1. The van der Waals surface area contributed by atoms with Crippen molar-refractivity contribution in [1.82, 2.24) is 14.9 Å². The molecule has 3 aromatic rings. The first kappa shape index (κ1) is 25.7. The highest BCUT2D eigenvalue weighted by molar-refractivity contribution is 5.91. The number of hydrogen-bond donors (Lipinski definition) is 1. The Balaban J connectivity index is 1.42. The van der Waals surface area contributed by atoms with E-state index in [1.807, 2.05) is 36.4 Å². The van der Waals surface area contributed by atoms with Crippen LogP contribution in [0.15, 0.2) is 60.7 Å². The molecule has 34 heavy (non-hydrogen) atoms. The maximum atomic E-state index is 12.1. The highest BCUT2D eigenvalue weighted by atomic mass is 16.1. The van der Waals surface area contributed by atoms with E-state index in [9.17, 15) is 4.79 Å². The molecule has 0 aliphatic heterocycles. The minimum Gasteiger partial charge on any atom is -0.353 e. The van der Waals surface area contributed by atoms with Crippen molar-refractivity contribution in [1.29, 1.82) is 0 Å². The van der Waals surface area contributed by atoms with E-state index in [0.29, 0.717) is 6.54 Å². The molecule has 0 saturated heterocycles. The van der Waals surface area contributed by atoms with Gasteiger partial charge in [-0.05, 0) is 36.6 Å². The standard InChI is InChI=1S/C30H41N3O/c1-2-3-4-5-6-7-8-9-15-25-33-28-20-14-13-19-27(28)32-29(33)21-16-24-31-30(34)23-22-26-17-11-10-12-18-26/h10-14,17-20,22-23H,2-9,15-16,21,24-25H2,1H3,(H,31,34)/b23-22+. The number of para-hydroxylation sites is 2. The third-order valence-corrected chi connectivity index (χ3v) is 6.32.